The van der Waals surface area contributed by atoms with Gasteiger partial charge in [-0.15, -0.1) is 0 Å². The number of aromatic amines is 1. The van der Waals surface area contributed by atoms with Crippen LogP contribution in [0.25, 0.3) is 10.9 Å². The first kappa shape index (κ1) is 13.5. The van der Waals surface area contributed by atoms with Gasteiger partial charge in [0.1, 0.15) is 5.75 Å². The van der Waals surface area contributed by atoms with E-state index >= 15 is 0 Å². The Balaban J connectivity index is 1.77. The highest BCUT2D eigenvalue weighted by molar-refractivity contribution is 5.80. The van der Waals surface area contributed by atoms with Crippen LogP contribution in [-0.4, -0.2) is 16.9 Å². The van der Waals surface area contributed by atoms with Gasteiger partial charge in [-0.05, 0) is 36.6 Å². The van der Waals surface area contributed by atoms with Crippen molar-refractivity contribution in [2.24, 2.45) is 0 Å². The monoisotopic (exact) mass is 282 g/mol. The van der Waals surface area contributed by atoms with Gasteiger partial charge in [-0.1, -0.05) is 30.3 Å². The van der Waals surface area contributed by atoms with Gasteiger partial charge in [-0.25, -0.2) is 0 Å². The molecule has 0 saturated carbocycles. The number of rotatable bonds is 5. The fourth-order valence-corrected chi connectivity index (χ4v) is 2.56. The molecule has 0 aliphatic rings. The summed E-state index contributed by atoms with van der Waals surface area (Å²) in [6.45, 7) is 0.792. The number of ether oxygens (including phenoxy) is 1. The van der Waals surface area contributed by atoms with Crippen molar-refractivity contribution in [1.82, 2.24) is 9.78 Å². The van der Waals surface area contributed by atoms with Crippen LogP contribution in [0, 0.1) is 0 Å². The number of hydrogen-bond donors (Lipinski definition) is 1. The van der Waals surface area contributed by atoms with Crippen molar-refractivity contribution >= 4 is 10.9 Å². The molecule has 0 aliphatic heterocycles. The van der Waals surface area contributed by atoms with E-state index in [0.29, 0.717) is 11.1 Å². The number of aryl methyl sites for hydroxylation is 2. The molecule has 1 N–H and O–H groups in total. The normalized spacial score (nSPS) is 10.9. The number of nitrogens with zero attached hydrogens (tertiary/aromatic N) is 1. The lowest BCUT2D eigenvalue weighted by Gasteiger charge is -2.05. The summed E-state index contributed by atoms with van der Waals surface area (Å²) in [4.78, 5) is 12.0. The average molecular weight is 282 g/mol. The standard InChI is InChI=1S/C17H18N2O2/c1-21-14-9-10-16-15(12-14)17(20)18-19(16)11-5-8-13-6-3-2-4-7-13/h2-4,6-7,9-10,12H,5,8,11H2,1H3,(H,18,20). The summed E-state index contributed by atoms with van der Waals surface area (Å²) in [5, 5.41) is 3.57. The number of fused-ring (bicyclic) bond motifs is 1. The maximum Gasteiger partial charge on any atom is 0.272 e. The second-order valence-corrected chi connectivity index (χ2v) is 5.06. The molecule has 3 aromatic rings. The molecule has 0 atom stereocenters. The minimum Gasteiger partial charge on any atom is -0.497 e. The van der Waals surface area contributed by atoms with Crippen molar-refractivity contribution in [1.29, 1.82) is 0 Å². The molecule has 0 spiro atoms. The average Bonchev–Trinajstić information content (AvgIpc) is 2.84. The summed E-state index contributed by atoms with van der Waals surface area (Å²) in [5.74, 6) is 0.704. The van der Waals surface area contributed by atoms with Crippen LogP contribution >= 0.6 is 0 Å². The molecule has 1 heterocycles. The third-order valence-corrected chi connectivity index (χ3v) is 3.67. The number of nitrogens with one attached hydrogen (secondary N) is 1. The molecule has 1 aromatic heterocycles. The summed E-state index contributed by atoms with van der Waals surface area (Å²) < 4.78 is 7.08. The maximum atomic E-state index is 12.0. The lowest BCUT2D eigenvalue weighted by Crippen LogP contribution is -2.06. The SMILES string of the molecule is COc1ccc2c(c1)c(=O)[nH]n2CCCc1ccccc1. The second-order valence-electron chi connectivity index (χ2n) is 5.06. The van der Waals surface area contributed by atoms with Crippen LogP contribution in [0.2, 0.25) is 0 Å². The summed E-state index contributed by atoms with van der Waals surface area (Å²) in [6.07, 6.45) is 1.98. The Hall–Kier alpha value is -2.49. The van der Waals surface area contributed by atoms with E-state index in [9.17, 15) is 4.79 Å². The molecule has 3 rings (SSSR count). The first-order valence-corrected chi connectivity index (χ1v) is 7.08. The van der Waals surface area contributed by atoms with E-state index in [2.05, 4.69) is 29.4 Å². The Morgan fingerprint density at radius 2 is 1.95 bits per heavy atom. The molecule has 0 aliphatic carbocycles. The molecule has 4 nitrogen and oxygen atoms in total. The predicted octanol–water partition coefficient (Wildman–Crippen LogP) is 2.97. The maximum absolute atomic E-state index is 12.0. The lowest BCUT2D eigenvalue weighted by atomic mass is 10.1. The highest BCUT2D eigenvalue weighted by atomic mass is 16.5. The predicted molar refractivity (Wildman–Crippen MR) is 83.9 cm³/mol. The van der Waals surface area contributed by atoms with Gasteiger partial charge in [0.2, 0.25) is 0 Å². The van der Waals surface area contributed by atoms with Gasteiger partial charge >= 0.3 is 0 Å². The van der Waals surface area contributed by atoms with Gasteiger partial charge in [0, 0.05) is 6.54 Å². The van der Waals surface area contributed by atoms with Crippen LogP contribution in [0.3, 0.4) is 0 Å². The van der Waals surface area contributed by atoms with Crippen molar-refractivity contribution in [3.05, 3.63) is 64.4 Å². The molecule has 4 heteroatoms. The number of H-pyrrole nitrogens is 1. The Morgan fingerprint density at radius 1 is 1.14 bits per heavy atom. The Morgan fingerprint density at radius 3 is 2.71 bits per heavy atom. The highest BCUT2D eigenvalue weighted by Gasteiger charge is 2.07. The van der Waals surface area contributed by atoms with E-state index < -0.39 is 0 Å². The van der Waals surface area contributed by atoms with E-state index in [0.717, 1.165) is 24.9 Å². The van der Waals surface area contributed by atoms with Gasteiger partial charge in [-0.3, -0.25) is 14.6 Å². The first-order valence-electron chi connectivity index (χ1n) is 7.08. The molecule has 0 amide bonds. The van der Waals surface area contributed by atoms with Crippen molar-refractivity contribution in [2.45, 2.75) is 19.4 Å². The van der Waals surface area contributed by atoms with Crippen molar-refractivity contribution < 1.29 is 4.74 Å². The molecule has 2 aromatic carbocycles. The molecule has 0 unspecified atom stereocenters. The Kier molecular flexibility index (Phi) is 3.77. The summed E-state index contributed by atoms with van der Waals surface area (Å²) >= 11 is 0. The molecule has 21 heavy (non-hydrogen) atoms. The fourth-order valence-electron chi connectivity index (χ4n) is 2.56. The number of benzene rings is 2. The van der Waals surface area contributed by atoms with Gasteiger partial charge in [-0.2, -0.15) is 0 Å². The third-order valence-electron chi connectivity index (χ3n) is 3.67. The number of aromatic nitrogens is 2. The minimum absolute atomic E-state index is 0.0661. The largest absolute Gasteiger partial charge is 0.497 e. The van der Waals surface area contributed by atoms with E-state index in [4.69, 9.17) is 4.74 Å². The van der Waals surface area contributed by atoms with Crippen molar-refractivity contribution in [3.63, 3.8) is 0 Å². The molecule has 0 fully saturated rings. The van der Waals surface area contributed by atoms with Gasteiger partial charge in [0.05, 0.1) is 18.0 Å². The topological polar surface area (TPSA) is 47.0 Å². The van der Waals surface area contributed by atoms with Crippen molar-refractivity contribution in [2.75, 3.05) is 7.11 Å². The van der Waals surface area contributed by atoms with E-state index in [1.54, 1.807) is 13.2 Å². The van der Waals surface area contributed by atoms with Crippen LogP contribution in [0.5, 0.6) is 5.75 Å². The molecule has 0 bridgehead atoms. The number of hydrogen-bond acceptors (Lipinski definition) is 2. The zero-order chi connectivity index (χ0) is 14.7. The fraction of sp³-hybridized carbons (Fsp3) is 0.235. The summed E-state index contributed by atoms with van der Waals surface area (Å²) in [6, 6.07) is 16.0. The highest BCUT2D eigenvalue weighted by Crippen LogP contribution is 2.18. The molecule has 0 saturated heterocycles. The zero-order valence-electron chi connectivity index (χ0n) is 12.0. The third kappa shape index (κ3) is 2.84. The van der Waals surface area contributed by atoms with Gasteiger partial charge in [0.15, 0.2) is 0 Å². The van der Waals surface area contributed by atoms with E-state index in [-0.39, 0.29) is 5.56 Å². The molecule has 0 radical (unpaired) electrons. The molecular formula is C17H18N2O2. The second kappa shape index (κ2) is 5.87. The van der Waals surface area contributed by atoms with Gasteiger partial charge < -0.3 is 4.74 Å². The minimum atomic E-state index is -0.0661. The summed E-state index contributed by atoms with van der Waals surface area (Å²) in [5.41, 5.74) is 2.18. The van der Waals surface area contributed by atoms with Crippen LogP contribution in [0.4, 0.5) is 0 Å². The van der Waals surface area contributed by atoms with E-state index in [1.165, 1.54) is 5.56 Å². The van der Waals surface area contributed by atoms with Crippen molar-refractivity contribution in [3.8, 4) is 5.75 Å². The van der Waals surface area contributed by atoms with Gasteiger partial charge in [0.25, 0.3) is 5.56 Å². The smallest absolute Gasteiger partial charge is 0.272 e. The van der Waals surface area contributed by atoms with Crippen LogP contribution in [0.1, 0.15) is 12.0 Å². The lowest BCUT2D eigenvalue weighted by molar-refractivity contribution is 0.415. The Bertz CT molecular complexity index is 787. The van der Waals surface area contributed by atoms with Crippen LogP contribution < -0.4 is 10.3 Å². The van der Waals surface area contributed by atoms with Crippen LogP contribution in [-0.2, 0) is 13.0 Å². The van der Waals surface area contributed by atoms with E-state index in [1.807, 2.05) is 22.9 Å². The zero-order valence-corrected chi connectivity index (χ0v) is 12.0. The van der Waals surface area contributed by atoms with Crippen LogP contribution in [0.15, 0.2) is 53.3 Å². The first-order chi connectivity index (χ1) is 10.3. The molecule has 108 valence electrons. The Labute approximate surface area is 123 Å². The summed E-state index contributed by atoms with van der Waals surface area (Å²) in [7, 11) is 1.60. The molecular weight excluding hydrogens is 264 g/mol. The number of methoxy groups -OCH3 is 1. The quantitative estimate of drug-likeness (QED) is 0.782.